The minimum Gasteiger partial charge on any atom is -0.459 e. The number of benzene rings is 1. The van der Waals surface area contributed by atoms with Gasteiger partial charge in [0.05, 0.1) is 6.10 Å². The van der Waals surface area contributed by atoms with Crippen LogP contribution in [-0.2, 0) is 20.9 Å². The molecule has 1 aromatic rings. The zero-order valence-corrected chi connectivity index (χ0v) is 12.2. The molecule has 0 amide bonds. The third-order valence-corrected chi connectivity index (χ3v) is 3.34. The summed E-state index contributed by atoms with van der Waals surface area (Å²) < 4.78 is 11.1. The van der Waals surface area contributed by atoms with Crippen LogP contribution in [0.1, 0.15) is 32.3 Å². The maximum atomic E-state index is 12.3. The van der Waals surface area contributed by atoms with Gasteiger partial charge in [-0.2, -0.15) is 0 Å². The number of hydrogen-bond acceptors (Lipinski definition) is 4. The third kappa shape index (κ3) is 4.32. The smallest absolute Gasteiger partial charge is 0.337 e. The molecular formula is C16H23NO3. The second kappa shape index (κ2) is 7.41. The fourth-order valence-corrected chi connectivity index (χ4v) is 2.39. The van der Waals surface area contributed by atoms with Crippen LogP contribution in [0.3, 0.4) is 0 Å². The molecule has 1 heterocycles. The quantitative estimate of drug-likeness (QED) is 0.810. The molecule has 110 valence electrons. The number of rotatable bonds is 6. The van der Waals surface area contributed by atoms with Gasteiger partial charge in [0.25, 0.3) is 0 Å². The molecule has 1 fully saturated rings. The topological polar surface area (TPSA) is 47.6 Å². The van der Waals surface area contributed by atoms with Gasteiger partial charge in [-0.05, 0) is 38.8 Å². The van der Waals surface area contributed by atoms with Crippen LogP contribution in [0.2, 0.25) is 0 Å². The summed E-state index contributed by atoms with van der Waals surface area (Å²) in [7, 11) is 0. The summed E-state index contributed by atoms with van der Waals surface area (Å²) in [6.45, 7) is 5.11. The van der Waals surface area contributed by atoms with E-state index < -0.39 is 6.10 Å². The summed E-state index contributed by atoms with van der Waals surface area (Å²) >= 11 is 0. The highest BCUT2D eigenvalue weighted by Gasteiger charge is 2.33. The minimum absolute atomic E-state index is 0.00618. The maximum Gasteiger partial charge on any atom is 0.337 e. The SMILES string of the molecule is CC(C)OC(C(=O)OCc1ccccc1)[C@@H]1CCCN1. The summed E-state index contributed by atoms with van der Waals surface area (Å²) in [6.07, 6.45) is 1.53. The highest BCUT2D eigenvalue weighted by Crippen LogP contribution is 2.16. The van der Waals surface area contributed by atoms with E-state index in [1.54, 1.807) is 0 Å². The largest absolute Gasteiger partial charge is 0.459 e. The van der Waals surface area contributed by atoms with Crippen LogP contribution in [0.4, 0.5) is 0 Å². The molecule has 4 nitrogen and oxygen atoms in total. The van der Waals surface area contributed by atoms with Crippen LogP contribution in [-0.4, -0.2) is 30.8 Å². The monoisotopic (exact) mass is 277 g/mol. The van der Waals surface area contributed by atoms with Gasteiger partial charge in [0.15, 0.2) is 6.10 Å². The molecule has 1 aliphatic rings. The second-order valence-corrected chi connectivity index (χ2v) is 5.40. The molecule has 0 aliphatic carbocycles. The summed E-state index contributed by atoms with van der Waals surface area (Å²) in [6, 6.07) is 9.77. The molecule has 0 saturated carbocycles. The highest BCUT2D eigenvalue weighted by molar-refractivity contribution is 5.75. The molecule has 20 heavy (non-hydrogen) atoms. The van der Waals surface area contributed by atoms with Crippen molar-refractivity contribution in [3.63, 3.8) is 0 Å². The van der Waals surface area contributed by atoms with Crippen LogP contribution in [0.5, 0.6) is 0 Å². The Morgan fingerprint density at radius 1 is 1.35 bits per heavy atom. The molecule has 0 radical (unpaired) electrons. The van der Waals surface area contributed by atoms with E-state index in [0.29, 0.717) is 6.61 Å². The van der Waals surface area contributed by atoms with Crippen molar-refractivity contribution in [2.24, 2.45) is 0 Å². The van der Waals surface area contributed by atoms with Gasteiger partial charge in [0.2, 0.25) is 0 Å². The van der Waals surface area contributed by atoms with E-state index in [4.69, 9.17) is 9.47 Å². The Bertz CT molecular complexity index is 413. The van der Waals surface area contributed by atoms with Crippen LogP contribution in [0.25, 0.3) is 0 Å². The first-order valence-corrected chi connectivity index (χ1v) is 7.26. The Kier molecular flexibility index (Phi) is 5.56. The predicted molar refractivity (Wildman–Crippen MR) is 77.3 cm³/mol. The van der Waals surface area contributed by atoms with Crippen molar-refractivity contribution in [2.45, 2.75) is 51.5 Å². The summed E-state index contributed by atoms with van der Waals surface area (Å²) in [5, 5.41) is 3.32. The Hall–Kier alpha value is -1.39. The van der Waals surface area contributed by atoms with E-state index in [0.717, 1.165) is 24.9 Å². The molecule has 1 N–H and O–H groups in total. The standard InChI is InChI=1S/C16H23NO3/c1-12(2)20-15(14-9-6-10-17-14)16(18)19-11-13-7-4-3-5-8-13/h3-5,7-8,12,14-15,17H,6,9-11H2,1-2H3/t14-,15?/m0/s1. The van der Waals surface area contributed by atoms with Gasteiger partial charge in [0, 0.05) is 6.04 Å². The first-order valence-electron chi connectivity index (χ1n) is 7.26. The van der Waals surface area contributed by atoms with Gasteiger partial charge in [0.1, 0.15) is 6.61 Å². The van der Waals surface area contributed by atoms with Gasteiger partial charge in [-0.1, -0.05) is 30.3 Å². The normalized spacial score (nSPS) is 20.1. The summed E-state index contributed by atoms with van der Waals surface area (Å²) in [5.74, 6) is -0.276. The lowest BCUT2D eigenvalue weighted by molar-refractivity contribution is -0.163. The lowest BCUT2D eigenvalue weighted by Gasteiger charge is -2.24. The molecule has 1 aromatic carbocycles. The first-order chi connectivity index (χ1) is 9.66. The van der Waals surface area contributed by atoms with Gasteiger partial charge >= 0.3 is 5.97 Å². The van der Waals surface area contributed by atoms with Crippen molar-refractivity contribution in [3.05, 3.63) is 35.9 Å². The average molecular weight is 277 g/mol. The van der Waals surface area contributed by atoms with Crippen LogP contribution in [0.15, 0.2) is 30.3 Å². The van der Waals surface area contributed by atoms with E-state index in [9.17, 15) is 4.79 Å². The van der Waals surface area contributed by atoms with Crippen molar-refractivity contribution in [1.82, 2.24) is 5.32 Å². The molecule has 4 heteroatoms. The second-order valence-electron chi connectivity index (χ2n) is 5.40. The van der Waals surface area contributed by atoms with Crippen molar-refractivity contribution in [1.29, 1.82) is 0 Å². The fraction of sp³-hybridized carbons (Fsp3) is 0.562. The molecular weight excluding hydrogens is 254 g/mol. The maximum absolute atomic E-state index is 12.3. The van der Waals surface area contributed by atoms with E-state index in [-0.39, 0.29) is 18.1 Å². The Morgan fingerprint density at radius 2 is 2.10 bits per heavy atom. The van der Waals surface area contributed by atoms with Crippen LogP contribution in [0, 0.1) is 0 Å². The number of hydrogen-bond donors (Lipinski definition) is 1. The lowest BCUT2D eigenvalue weighted by atomic mass is 10.1. The predicted octanol–water partition coefficient (Wildman–Crippen LogP) is 2.28. The molecule has 0 aromatic heterocycles. The number of carbonyl (C=O) groups is 1. The summed E-state index contributed by atoms with van der Waals surface area (Å²) in [4.78, 5) is 12.3. The van der Waals surface area contributed by atoms with Gasteiger partial charge in [-0.3, -0.25) is 0 Å². The number of carbonyl (C=O) groups excluding carboxylic acids is 1. The van der Waals surface area contributed by atoms with Gasteiger partial charge in [-0.15, -0.1) is 0 Å². The zero-order chi connectivity index (χ0) is 14.4. The molecule has 1 unspecified atom stereocenters. The first kappa shape index (κ1) is 15.0. The number of esters is 1. The van der Waals surface area contributed by atoms with Gasteiger partial charge < -0.3 is 14.8 Å². The van der Waals surface area contributed by atoms with E-state index in [1.807, 2.05) is 44.2 Å². The van der Waals surface area contributed by atoms with Crippen LogP contribution >= 0.6 is 0 Å². The lowest BCUT2D eigenvalue weighted by Crippen LogP contribution is -2.44. The third-order valence-electron chi connectivity index (χ3n) is 3.34. The summed E-state index contributed by atoms with van der Waals surface area (Å²) in [5.41, 5.74) is 0.989. The molecule has 2 atom stereocenters. The molecule has 2 rings (SSSR count). The van der Waals surface area contributed by atoms with E-state index in [2.05, 4.69) is 5.32 Å². The van der Waals surface area contributed by atoms with Crippen molar-refractivity contribution in [3.8, 4) is 0 Å². The number of nitrogens with one attached hydrogen (secondary N) is 1. The Labute approximate surface area is 120 Å². The van der Waals surface area contributed by atoms with Crippen molar-refractivity contribution in [2.75, 3.05) is 6.54 Å². The molecule has 1 aliphatic heterocycles. The zero-order valence-electron chi connectivity index (χ0n) is 12.2. The van der Waals surface area contributed by atoms with Crippen molar-refractivity contribution < 1.29 is 14.3 Å². The minimum atomic E-state index is -0.513. The highest BCUT2D eigenvalue weighted by atomic mass is 16.6. The van der Waals surface area contributed by atoms with Crippen molar-refractivity contribution >= 4 is 5.97 Å². The Balaban J connectivity index is 1.92. The fourth-order valence-electron chi connectivity index (χ4n) is 2.39. The van der Waals surface area contributed by atoms with E-state index in [1.165, 1.54) is 0 Å². The molecule has 0 bridgehead atoms. The van der Waals surface area contributed by atoms with Gasteiger partial charge in [-0.25, -0.2) is 4.79 Å². The average Bonchev–Trinajstić information content (AvgIpc) is 2.97. The Morgan fingerprint density at radius 3 is 2.70 bits per heavy atom. The van der Waals surface area contributed by atoms with E-state index >= 15 is 0 Å². The number of ether oxygens (including phenoxy) is 2. The van der Waals surface area contributed by atoms with Crippen LogP contribution < -0.4 is 5.32 Å². The molecule has 0 spiro atoms. The molecule has 1 saturated heterocycles.